The van der Waals surface area contributed by atoms with Gasteiger partial charge in [-0.25, -0.2) is 9.67 Å². The van der Waals surface area contributed by atoms with Crippen LogP contribution in [-0.2, 0) is 0 Å². The molecule has 0 spiro atoms. The molecule has 82 valence electrons. The SMILES string of the molecule is NC(=O)c1ccn(-c2nc(Cl)ccc2N)n1. The maximum atomic E-state index is 10.9. The Morgan fingerprint density at radius 2 is 2.12 bits per heavy atom. The first-order valence-corrected chi connectivity index (χ1v) is 4.73. The number of primary amides is 1. The van der Waals surface area contributed by atoms with E-state index in [2.05, 4.69) is 10.1 Å². The standard InChI is InChI=1S/C9H8ClN5O/c10-7-2-1-5(11)9(13-7)15-4-3-6(14-15)8(12)16/h1-4H,11H2,(H2,12,16). The van der Waals surface area contributed by atoms with Crippen molar-refractivity contribution < 1.29 is 4.79 Å². The van der Waals surface area contributed by atoms with Gasteiger partial charge in [0, 0.05) is 6.20 Å². The van der Waals surface area contributed by atoms with Crippen molar-refractivity contribution in [2.24, 2.45) is 5.73 Å². The number of nitrogen functional groups attached to an aromatic ring is 1. The summed E-state index contributed by atoms with van der Waals surface area (Å²) in [5.41, 5.74) is 11.3. The maximum absolute atomic E-state index is 10.9. The second-order valence-corrected chi connectivity index (χ2v) is 3.44. The number of aromatic nitrogens is 3. The lowest BCUT2D eigenvalue weighted by atomic mass is 10.4. The molecule has 0 fully saturated rings. The zero-order valence-corrected chi connectivity index (χ0v) is 8.85. The van der Waals surface area contributed by atoms with E-state index in [-0.39, 0.29) is 5.69 Å². The third-order valence-electron chi connectivity index (χ3n) is 1.93. The molecule has 0 atom stereocenters. The smallest absolute Gasteiger partial charge is 0.269 e. The first kappa shape index (κ1) is 10.4. The molecule has 4 N–H and O–H groups in total. The molecule has 7 heteroatoms. The highest BCUT2D eigenvalue weighted by atomic mass is 35.5. The number of carbonyl (C=O) groups excluding carboxylic acids is 1. The number of hydrogen-bond acceptors (Lipinski definition) is 4. The van der Waals surface area contributed by atoms with Crippen LogP contribution in [0.5, 0.6) is 0 Å². The van der Waals surface area contributed by atoms with Crippen LogP contribution in [0.4, 0.5) is 5.69 Å². The van der Waals surface area contributed by atoms with Crippen LogP contribution in [0.3, 0.4) is 0 Å². The lowest BCUT2D eigenvalue weighted by Gasteiger charge is -2.04. The van der Waals surface area contributed by atoms with E-state index >= 15 is 0 Å². The summed E-state index contributed by atoms with van der Waals surface area (Å²) >= 11 is 5.74. The number of pyridine rings is 1. The van der Waals surface area contributed by atoms with Crippen LogP contribution < -0.4 is 11.5 Å². The minimum atomic E-state index is -0.612. The fourth-order valence-corrected chi connectivity index (χ4v) is 1.34. The molecule has 0 saturated heterocycles. The molecular formula is C9H8ClN5O. The van der Waals surface area contributed by atoms with Crippen molar-refractivity contribution in [3.05, 3.63) is 35.2 Å². The van der Waals surface area contributed by atoms with Gasteiger partial charge in [0.05, 0.1) is 5.69 Å². The topological polar surface area (TPSA) is 99.8 Å². The van der Waals surface area contributed by atoms with Gasteiger partial charge in [0.15, 0.2) is 5.82 Å². The fourth-order valence-electron chi connectivity index (χ4n) is 1.19. The minimum absolute atomic E-state index is 0.140. The van der Waals surface area contributed by atoms with Crippen LogP contribution in [0.2, 0.25) is 5.15 Å². The predicted octanol–water partition coefficient (Wildman–Crippen LogP) is 0.602. The number of halogens is 1. The van der Waals surface area contributed by atoms with Crippen molar-refractivity contribution in [2.75, 3.05) is 5.73 Å². The third-order valence-corrected chi connectivity index (χ3v) is 2.14. The predicted molar refractivity (Wildman–Crippen MR) is 59.3 cm³/mol. The monoisotopic (exact) mass is 237 g/mol. The van der Waals surface area contributed by atoms with Crippen molar-refractivity contribution in [3.63, 3.8) is 0 Å². The maximum Gasteiger partial charge on any atom is 0.269 e. The van der Waals surface area contributed by atoms with Crippen LogP contribution in [0.25, 0.3) is 5.82 Å². The third kappa shape index (κ3) is 1.82. The molecule has 2 aromatic heterocycles. The Labute approximate surface area is 95.8 Å². The number of nitrogens with zero attached hydrogens (tertiary/aromatic N) is 3. The highest BCUT2D eigenvalue weighted by Crippen LogP contribution is 2.17. The number of amides is 1. The van der Waals surface area contributed by atoms with Crippen molar-refractivity contribution in [2.45, 2.75) is 0 Å². The second-order valence-electron chi connectivity index (χ2n) is 3.06. The van der Waals surface area contributed by atoms with Crippen molar-refractivity contribution in [3.8, 4) is 5.82 Å². The van der Waals surface area contributed by atoms with Gasteiger partial charge in [-0.1, -0.05) is 11.6 Å². The average molecular weight is 238 g/mol. The molecule has 0 saturated carbocycles. The summed E-state index contributed by atoms with van der Waals surface area (Å²) in [6.45, 7) is 0. The Balaban J connectivity index is 2.50. The Morgan fingerprint density at radius 1 is 1.38 bits per heavy atom. The zero-order chi connectivity index (χ0) is 11.7. The number of hydrogen-bond donors (Lipinski definition) is 2. The number of anilines is 1. The molecule has 0 bridgehead atoms. The molecule has 0 unspecified atom stereocenters. The van der Waals surface area contributed by atoms with E-state index in [0.717, 1.165) is 0 Å². The van der Waals surface area contributed by atoms with Crippen molar-refractivity contribution in [1.82, 2.24) is 14.8 Å². The first-order chi connectivity index (χ1) is 7.58. The van der Waals surface area contributed by atoms with Gasteiger partial charge in [0.1, 0.15) is 10.8 Å². The van der Waals surface area contributed by atoms with E-state index in [1.807, 2.05) is 0 Å². The van der Waals surface area contributed by atoms with Crippen LogP contribution in [0.15, 0.2) is 24.4 Å². The van der Waals surface area contributed by atoms with E-state index in [9.17, 15) is 4.79 Å². The molecule has 2 rings (SSSR count). The van der Waals surface area contributed by atoms with Gasteiger partial charge >= 0.3 is 0 Å². The summed E-state index contributed by atoms with van der Waals surface area (Å²) in [7, 11) is 0. The zero-order valence-electron chi connectivity index (χ0n) is 8.09. The van der Waals surface area contributed by atoms with Crippen molar-refractivity contribution >= 4 is 23.2 Å². The van der Waals surface area contributed by atoms with E-state index in [1.165, 1.54) is 16.9 Å². The first-order valence-electron chi connectivity index (χ1n) is 4.36. The van der Waals surface area contributed by atoms with Crippen LogP contribution in [0, 0.1) is 0 Å². The molecule has 0 aliphatic rings. The van der Waals surface area contributed by atoms with Gasteiger partial charge in [-0.2, -0.15) is 5.10 Å². The summed E-state index contributed by atoms with van der Waals surface area (Å²) in [6.07, 6.45) is 1.54. The van der Waals surface area contributed by atoms with Gasteiger partial charge in [-0.3, -0.25) is 4.79 Å². The van der Waals surface area contributed by atoms with Gasteiger partial charge in [0.2, 0.25) is 0 Å². The molecule has 16 heavy (non-hydrogen) atoms. The highest BCUT2D eigenvalue weighted by Gasteiger charge is 2.09. The molecular weight excluding hydrogens is 230 g/mol. The second kappa shape index (κ2) is 3.82. The Bertz CT molecular complexity index is 551. The number of rotatable bonds is 2. The summed E-state index contributed by atoms with van der Waals surface area (Å²) in [5, 5.41) is 4.21. The molecule has 6 nitrogen and oxygen atoms in total. The Hall–Kier alpha value is -2.08. The Morgan fingerprint density at radius 3 is 2.75 bits per heavy atom. The molecule has 0 aliphatic heterocycles. The van der Waals surface area contributed by atoms with Gasteiger partial charge < -0.3 is 11.5 Å². The molecule has 0 radical (unpaired) electrons. The summed E-state index contributed by atoms with van der Waals surface area (Å²) in [4.78, 5) is 14.9. The van der Waals surface area contributed by atoms with E-state index in [4.69, 9.17) is 23.1 Å². The minimum Gasteiger partial charge on any atom is -0.396 e. The van der Waals surface area contributed by atoms with E-state index in [1.54, 1.807) is 12.1 Å². The summed E-state index contributed by atoms with van der Waals surface area (Å²) < 4.78 is 1.35. The molecule has 0 aliphatic carbocycles. The summed E-state index contributed by atoms with van der Waals surface area (Å²) in [6, 6.07) is 4.65. The largest absolute Gasteiger partial charge is 0.396 e. The van der Waals surface area contributed by atoms with E-state index < -0.39 is 5.91 Å². The molecule has 2 heterocycles. The quantitative estimate of drug-likeness (QED) is 0.747. The number of nitrogens with two attached hydrogens (primary N) is 2. The molecule has 0 aromatic carbocycles. The molecule has 1 amide bonds. The lowest BCUT2D eigenvalue weighted by molar-refractivity contribution is 0.0995. The highest BCUT2D eigenvalue weighted by molar-refractivity contribution is 6.29. The number of carbonyl (C=O) groups is 1. The van der Waals surface area contributed by atoms with Crippen LogP contribution in [0.1, 0.15) is 10.5 Å². The Kier molecular flexibility index (Phi) is 2.49. The normalized spacial score (nSPS) is 10.3. The van der Waals surface area contributed by atoms with Crippen LogP contribution in [-0.4, -0.2) is 20.7 Å². The summed E-state index contributed by atoms with van der Waals surface area (Å²) in [5.74, 6) is -0.251. The average Bonchev–Trinajstić information content (AvgIpc) is 2.70. The van der Waals surface area contributed by atoms with Gasteiger partial charge in [0.25, 0.3) is 5.91 Å². The van der Waals surface area contributed by atoms with Gasteiger partial charge in [-0.15, -0.1) is 0 Å². The molecule has 2 aromatic rings. The van der Waals surface area contributed by atoms with E-state index in [0.29, 0.717) is 16.7 Å². The van der Waals surface area contributed by atoms with Crippen LogP contribution >= 0.6 is 11.6 Å². The lowest BCUT2D eigenvalue weighted by Crippen LogP contribution is -2.12. The van der Waals surface area contributed by atoms with Gasteiger partial charge in [-0.05, 0) is 18.2 Å². The van der Waals surface area contributed by atoms with Crippen molar-refractivity contribution in [1.29, 1.82) is 0 Å². The fraction of sp³-hybridized carbons (Fsp3) is 0.